The molecule has 2 aromatic rings. The average Bonchev–Trinajstić information content (AvgIpc) is 2.72. The van der Waals surface area contributed by atoms with E-state index in [0.29, 0.717) is 11.1 Å². The van der Waals surface area contributed by atoms with Crippen LogP contribution in [-0.2, 0) is 14.3 Å². The Hall–Kier alpha value is -2.78. The molecule has 0 amide bonds. The van der Waals surface area contributed by atoms with E-state index in [0.717, 1.165) is 0 Å². The summed E-state index contributed by atoms with van der Waals surface area (Å²) in [4.78, 5) is 21.4. The number of nitrogens with two attached hydrogens (primary N) is 2. The van der Waals surface area contributed by atoms with Crippen molar-refractivity contribution in [2.45, 2.75) is 24.3 Å². The van der Waals surface area contributed by atoms with E-state index in [1.807, 2.05) is 6.07 Å². The highest BCUT2D eigenvalue weighted by molar-refractivity contribution is 5.76. The van der Waals surface area contributed by atoms with Gasteiger partial charge in [0.25, 0.3) is 0 Å². The predicted molar refractivity (Wildman–Crippen MR) is 98.4 cm³/mol. The quantitative estimate of drug-likeness (QED) is 0.452. The Labute approximate surface area is 157 Å². The van der Waals surface area contributed by atoms with E-state index in [1.165, 1.54) is 7.11 Å². The molecule has 8 heteroatoms. The number of ether oxygens (including phenoxy) is 1. The summed E-state index contributed by atoms with van der Waals surface area (Å²) in [5, 5.41) is 27.6. The lowest BCUT2D eigenvalue weighted by atomic mass is 10.0. The molecule has 4 atom stereocenters. The van der Waals surface area contributed by atoms with Crippen LogP contribution in [0.15, 0.2) is 60.7 Å². The normalized spacial score (nSPS) is 14.7. The lowest BCUT2D eigenvalue weighted by Gasteiger charge is -2.16. The number of carbonyl (C=O) groups excluding carboxylic acids is 1. The monoisotopic (exact) mass is 376 g/mol. The molecule has 0 heterocycles. The van der Waals surface area contributed by atoms with Crippen molar-refractivity contribution >= 4 is 11.9 Å². The number of esters is 1. The molecule has 0 bridgehead atoms. The van der Waals surface area contributed by atoms with Gasteiger partial charge in [-0.05, 0) is 11.1 Å². The van der Waals surface area contributed by atoms with Crippen molar-refractivity contribution in [2.75, 3.05) is 7.11 Å². The molecule has 2 rings (SSSR count). The van der Waals surface area contributed by atoms with E-state index in [1.54, 1.807) is 54.6 Å². The van der Waals surface area contributed by atoms with Crippen LogP contribution in [0.1, 0.15) is 23.3 Å². The van der Waals surface area contributed by atoms with Crippen LogP contribution < -0.4 is 11.5 Å². The molecule has 0 fully saturated rings. The van der Waals surface area contributed by atoms with Gasteiger partial charge in [0, 0.05) is 0 Å². The van der Waals surface area contributed by atoms with Gasteiger partial charge in [0.1, 0.15) is 24.3 Å². The number of aliphatic hydroxyl groups is 2. The van der Waals surface area contributed by atoms with Crippen LogP contribution in [0.4, 0.5) is 0 Å². The zero-order chi connectivity index (χ0) is 20.4. The summed E-state index contributed by atoms with van der Waals surface area (Å²) >= 11 is 0. The van der Waals surface area contributed by atoms with Crippen molar-refractivity contribution in [3.05, 3.63) is 71.8 Å². The minimum absolute atomic E-state index is 0.511. The van der Waals surface area contributed by atoms with E-state index >= 15 is 0 Å². The van der Waals surface area contributed by atoms with Gasteiger partial charge < -0.3 is 31.5 Å². The number of aliphatic carboxylic acids is 1. The molecule has 2 aromatic carbocycles. The first-order chi connectivity index (χ1) is 12.8. The predicted octanol–water partition coefficient (Wildman–Crippen LogP) is 0.352. The van der Waals surface area contributed by atoms with E-state index in [9.17, 15) is 19.8 Å². The largest absolute Gasteiger partial charge is 0.480 e. The summed E-state index contributed by atoms with van der Waals surface area (Å²) in [6.07, 6.45) is -2.18. The zero-order valence-corrected chi connectivity index (χ0v) is 14.8. The molecule has 0 aliphatic rings. The second-order valence-electron chi connectivity index (χ2n) is 5.62. The maximum Gasteiger partial charge on any atom is 0.325 e. The highest BCUT2D eigenvalue weighted by Crippen LogP contribution is 2.16. The summed E-state index contributed by atoms with van der Waals surface area (Å²) in [6.45, 7) is 0. The van der Waals surface area contributed by atoms with Gasteiger partial charge in [-0.2, -0.15) is 0 Å². The third-order valence-electron chi connectivity index (χ3n) is 3.72. The molecule has 7 N–H and O–H groups in total. The van der Waals surface area contributed by atoms with Crippen molar-refractivity contribution in [1.29, 1.82) is 0 Å². The first kappa shape index (κ1) is 22.3. The maximum absolute atomic E-state index is 11.0. The molecule has 0 aliphatic heterocycles. The molecule has 27 heavy (non-hydrogen) atoms. The van der Waals surface area contributed by atoms with Gasteiger partial charge in [0.15, 0.2) is 0 Å². The van der Waals surface area contributed by atoms with Crippen LogP contribution in [0.3, 0.4) is 0 Å². The van der Waals surface area contributed by atoms with Crippen LogP contribution in [0, 0.1) is 0 Å². The molecule has 8 nitrogen and oxygen atoms in total. The smallest absolute Gasteiger partial charge is 0.325 e. The van der Waals surface area contributed by atoms with Crippen LogP contribution in [0.5, 0.6) is 0 Å². The van der Waals surface area contributed by atoms with Crippen LogP contribution in [0.2, 0.25) is 0 Å². The van der Waals surface area contributed by atoms with Crippen molar-refractivity contribution in [1.82, 2.24) is 0 Å². The molecule has 0 radical (unpaired) electrons. The molecule has 0 spiro atoms. The minimum atomic E-state index is -1.28. The Bertz CT molecular complexity index is 711. The molecule has 0 aromatic heterocycles. The molecule has 146 valence electrons. The van der Waals surface area contributed by atoms with Crippen molar-refractivity contribution in [2.24, 2.45) is 11.5 Å². The van der Waals surface area contributed by atoms with Gasteiger partial charge in [-0.25, -0.2) is 0 Å². The molecule has 4 unspecified atom stereocenters. The average molecular weight is 376 g/mol. The fourth-order valence-electron chi connectivity index (χ4n) is 2.12. The van der Waals surface area contributed by atoms with E-state index in [2.05, 4.69) is 4.74 Å². The fraction of sp³-hybridized carbons (Fsp3) is 0.263. The summed E-state index contributed by atoms with van der Waals surface area (Å²) in [6, 6.07) is 14.9. The third kappa shape index (κ3) is 6.80. The standard InChI is InChI=1S/C10H13NO3.C9H11NO3/c1-14-10(13)8(11)9(12)7-5-3-2-4-6-7;10-7(9(12)13)8(11)6-4-2-1-3-5-6/h2-6,8-9,12H,11H2,1H3;1-5,7-8,11H,10H2,(H,12,13). The number of hydrogen-bond acceptors (Lipinski definition) is 7. The van der Waals surface area contributed by atoms with E-state index in [-0.39, 0.29) is 0 Å². The lowest BCUT2D eigenvalue weighted by Crippen LogP contribution is -2.37. The van der Waals surface area contributed by atoms with Gasteiger partial charge in [-0.15, -0.1) is 0 Å². The van der Waals surface area contributed by atoms with Crippen molar-refractivity contribution < 1.29 is 29.6 Å². The zero-order valence-electron chi connectivity index (χ0n) is 14.8. The molecule has 0 aliphatic carbocycles. The Kier molecular flexibility index (Phi) is 9.11. The Morgan fingerprint density at radius 3 is 1.52 bits per heavy atom. The first-order valence-electron chi connectivity index (χ1n) is 8.07. The third-order valence-corrected chi connectivity index (χ3v) is 3.72. The number of carbonyl (C=O) groups is 2. The maximum atomic E-state index is 11.0. The van der Waals surface area contributed by atoms with Crippen molar-refractivity contribution in [3.63, 3.8) is 0 Å². The van der Waals surface area contributed by atoms with Crippen LogP contribution in [0.25, 0.3) is 0 Å². The van der Waals surface area contributed by atoms with Gasteiger partial charge in [0.05, 0.1) is 7.11 Å². The lowest BCUT2D eigenvalue weighted by molar-refractivity contribution is -0.145. The summed E-state index contributed by atoms with van der Waals surface area (Å²) < 4.78 is 4.43. The van der Waals surface area contributed by atoms with Crippen LogP contribution in [-0.4, -0.2) is 46.5 Å². The fourth-order valence-corrected chi connectivity index (χ4v) is 2.12. The number of carboxylic acid groups (broad SMARTS) is 1. The van der Waals surface area contributed by atoms with E-state index < -0.39 is 36.2 Å². The molecular weight excluding hydrogens is 352 g/mol. The second-order valence-corrected chi connectivity index (χ2v) is 5.62. The number of carboxylic acids is 1. The Balaban J connectivity index is 0.000000271. The molecule has 0 saturated carbocycles. The van der Waals surface area contributed by atoms with Crippen LogP contribution >= 0.6 is 0 Å². The van der Waals surface area contributed by atoms with E-state index in [4.69, 9.17) is 16.6 Å². The molecular formula is C19H24N2O6. The topological polar surface area (TPSA) is 156 Å². The number of benzene rings is 2. The SMILES string of the molecule is COC(=O)C(N)C(O)c1ccccc1.NC(C(=O)O)C(O)c1ccccc1. The van der Waals surface area contributed by atoms with Crippen molar-refractivity contribution in [3.8, 4) is 0 Å². The number of aliphatic hydroxyl groups excluding tert-OH is 2. The first-order valence-corrected chi connectivity index (χ1v) is 8.07. The number of rotatable bonds is 6. The Morgan fingerprint density at radius 2 is 1.19 bits per heavy atom. The minimum Gasteiger partial charge on any atom is -0.480 e. The van der Waals surface area contributed by atoms with Gasteiger partial charge in [0.2, 0.25) is 0 Å². The molecule has 0 saturated heterocycles. The number of methoxy groups -OCH3 is 1. The Morgan fingerprint density at radius 1 is 0.815 bits per heavy atom. The van der Waals surface area contributed by atoms with Gasteiger partial charge in [-0.3, -0.25) is 9.59 Å². The summed E-state index contributed by atoms with van der Waals surface area (Å²) in [5.74, 6) is -1.84. The summed E-state index contributed by atoms with van der Waals surface area (Å²) in [5.41, 5.74) is 11.8. The summed E-state index contributed by atoms with van der Waals surface area (Å²) in [7, 11) is 1.24. The van der Waals surface area contributed by atoms with Gasteiger partial charge >= 0.3 is 11.9 Å². The highest BCUT2D eigenvalue weighted by Gasteiger charge is 2.24. The second kappa shape index (κ2) is 11.0. The highest BCUT2D eigenvalue weighted by atomic mass is 16.5. The number of hydrogen-bond donors (Lipinski definition) is 5. The van der Waals surface area contributed by atoms with Gasteiger partial charge in [-0.1, -0.05) is 60.7 Å².